The summed E-state index contributed by atoms with van der Waals surface area (Å²) in [4.78, 5) is 41.8. The molecular formula is C29H27N3O4S4. The molecule has 1 amide bonds. The lowest BCUT2D eigenvalue weighted by Crippen LogP contribution is -2.34. The van der Waals surface area contributed by atoms with Gasteiger partial charge in [-0.3, -0.25) is 23.9 Å². The molecule has 2 fully saturated rings. The first kappa shape index (κ1) is 27.3. The number of thiol groups is 1. The molecule has 2 atom stereocenters. The zero-order chi connectivity index (χ0) is 28.0. The van der Waals surface area contributed by atoms with E-state index in [1.54, 1.807) is 0 Å². The van der Waals surface area contributed by atoms with Crippen molar-refractivity contribution >= 4 is 87.0 Å². The van der Waals surface area contributed by atoms with Crippen LogP contribution in [-0.2, 0) is 26.8 Å². The minimum Gasteiger partial charge on any atom is -0.446 e. The molecule has 2 unspecified atom stereocenters. The smallest absolute Gasteiger partial charge is 0.294 e. The van der Waals surface area contributed by atoms with E-state index in [1.807, 2.05) is 19.1 Å². The van der Waals surface area contributed by atoms with Crippen molar-refractivity contribution < 1.29 is 14.3 Å². The molecule has 0 N–H and O–H groups in total. The summed E-state index contributed by atoms with van der Waals surface area (Å²) < 4.78 is 7.64. The number of hydrogen-bond acceptors (Lipinski definition) is 9. The van der Waals surface area contributed by atoms with Gasteiger partial charge in [0.1, 0.15) is 13.9 Å². The Morgan fingerprint density at radius 1 is 1.15 bits per heavy atom. The van der Waals surface area contributed by atoms with E-state index in [0.717, 1.165) is 18.4 Å². The van der Waals surface area contributed by atoms with E-state index < -0.39 is 0 Å². The van der Waals surface area contributed by atoms with Crippen molar-refractivity contribution in [2.24, 2.45) is 0 Å². The van der Waals surface area contributed by atoms with E-state index in [1.165, 1.54) is 61.5 Å². The van der Waals surface area contributed by atoms with Gasteiger partial charge in [0.05, 0.1) is 4.53 Å². The molecule has 0 radical (unpaired) electrons. The number of amides is 1. The van der Waals surface area contributed by atoms with Gasteiger partial charge in [-0.05, 0) is 66.8 Å². The molecule has 0 spiro atoms. The first-order chi connectivity index (χ1) is 19.4. The molecule has 11 heteroatoms. The number of aromatic nitrogens is 1. The van der Waals surface area contributed by atoms with Crippen molar-refractivity contribution in [2.45, 2.75) is 50.6 Å². The summed E-state index contributed by atoms with van der Waals surface area (Å²) in [6.07, 6.45) is 5.33. The van der Waals surface area contributed by atoms with Crippen molar-refractivity contribution in [1.29, 1.82) is 0 Å². The minimum atomic E-state index is -0.311. The van der Waals surface area contributed by atoms with Gasteiger partial charge in [-0.1, -0.05) is 48.6 Å². The van der Waals surface area contributed by atoms with E-state index in [4.69, 9.17) is 17.0 Å². The fourth-order valence-corrected chi connectivity index (χ4v) is 8.77. The standard InChI is InChI=1S/C29H27N3O4S4/c1-2-30-27(35)25(40-29(30)38)28-31(15-36-16-33)26(34)24(39-28)13-18-8-11-23-21(12-18)20-4-3-5-22(20)32(23)19-9-6-17(14-37)7-10-19/h6-13,16,20,22,37H,2-5,14-15H2,1H3/b24-13+,28-25+. The summed E-state index contributed by atoms with van der Waals surface area (Å²) in [5.41, 5.74) is 5.51. The third-order valence-corrected chi connectivity index (χ3v) is 10.8. The fourth-order valence-electron chi connectivity index (χ4n) is 5.92. The predicted molar refractivity (Wildman–Crippen MR) is 168 cm³/mol. The molecule has 0 bridgehead atoms. The molecule has 40 heavy (non-hydrogen) atoms. The van der Waals surface area contributed by atoms with Gasteiger partial charge in [-0.25, -0.2) is 0 Å². The van der Waals surface area contributed by atoms with Crippen molar-refractivity contribution in [3.63, 3.8) is 0 Å². The number of benzene rings is 2. The van der Waals surface area contributed by atoms with Gasteiger partial charge in [0, 0.05) is 35.6 Å². The number of fused-ring (bicyclic) bond motifs is 3. The van der Waals surface area contributed by atoms with E-state index in [2.05, 4.69) is 53.9 Å². The summed E-state index contributed by atoms with van der Waals surface area (Å²) >= 11 is 12.2. The monoisotopic (exact) mass is 609 g/mol. The normalized spacial score (nSPS) is 21.8. The van der Waals surface area contributed by atoms with Gasteiger partial charge in [0.2, 0.25) is 0 Å². The van der Waals surface area contributed by atoms with Crippen LogP contribution >= 0.6 is 47.9 Å². The largest absolute Gasteiger partial charge is 0.446 e. The van der Waals surface area contributed by atoms with E-state index in [9.17, 15) is 14.4 Å². The van der Waals surface area contributed by atoms with Gasteiger partial charge in [-0.2, -0.15) is 12.6 Å². The van der Waals surface area contributed by atoms with Crippen LogP contribution in [0.5, 0.6) is 0 Å². The van der Waals surface area contributed by atoms with Crippen LogP contribution in [0.1, 0.15) is 48.8 Å². The van der Waals surface area contributed by atoms with Crippen molar-refractivity contribution in [3.8, 4) is 0 Å². The van der Waals surface area contributed by atoms with Gasteiger partial charge in [0.15, 0.2) is 6.73 Å². The first-order valence-corrected chi connectivity index (χ1v) is 15.8. The molecule has 6 rings (SSSR count). The Hall–Kier alpha value is -2.86. The van der Waals surface area contributed by atoms with Crippen LogP contribution in [0.2, 0.25) is 0 Å². The second-order valence-electron chi connectivity index (χ2n) is 9.91. The predicted octanol–water partition coefficient (Wildman–Crippen LogP) is 4.08. The van der Waals surface area contributed by atoms with Crippen LogP contribution in [0.25, 0.3) is 11.0 Å². The molecular weight excluding hydrogens is 583 g/mol. The number of carbonyl (C=O) groups is 2. The lowest BCUT2D eigenvalue weighted by molar-refractivity contribution is -0.132. The SMILES string of the molecule is CCN1C(=O)/C(=c2\s/c(=C/c3ccc4c(c3)C3CCCC3N4c3ccc(CS)cc3)c(=O)n2COC=O)SC1=S. The highest BCUT2D eigenvalue weighted by Crippen LogP contribution is 2.52. The van der Waals surface area contributed by atoms with Crippen LogP contribution in [0.4, 0.5) is 11.4 Å². The highest BCUT2D eigenvalue weighted by atomic mass is 32.2. The number of hydrogen-bond donors (Lipinski definition) is 1. The third-order valence-electron chi connectivity index (χ3n) is 7.76. The second-order valence-corrected chi connectivity index (χ2v) is 12.9. The number of rotatable bonds is 7. The lowest BCUT2D eigenvalue weighted by Gasteiger charge is -2.27. The van der Waals surface area contributed by atoms with E-state index in [-0.39, 0.29) is 18.2 Å². The van der Waals surface area contributed by atoms with Crippen LogP contribution in [0, 0.1) is 0 Å². The summed E-state index contributed by atoms with van der Waals surface area (Å²) in [6, 6.07) is 15.4. The van der Waals surface area contributed by atoms with Gasteiger partial charge >= 0.3 is 0 Å². The topological polar surface area (TPSA) is 71.8 Å². The highest BCUT2D eigenvalue weighted by molar-refractivity contribution is 8.30. The van der Waals surface area contributed by atoms with Gasteiger partial charge in [-0.15, -0.1) is 11.3 Å². The lowest BCUT2D eigenvalue weighted by atomic mass is 9.96. The molecule has 206 valence electrons. The molecule has 3 heterocycles. The quantitative estimate of drug-likeness (QED) is 0.246. The second kappa shape index (κ2) is 11.2. The Kier molecular flexibility index (Phi) is 7.64. The number of nitrogens with zero attached hydrogens (tertiary/aromatic N) is 3. The van der Waals surface area contributed by atoms with Crippen molar-refractivity contribution in [1.82, 2.24) is 9.47 Å². The molecule has 3 aliphatic rings. The van der Waals surface area contributed by atoms with Crippen LogP contribution in [-0.4, -0.2) is 38.8 Å². The molecule has 1 saturated carbocycles. The molecule has 1 aromatic heterocycles. The Morgan fingerprint density at radius 3 is 2.65 bits per heavy atom. The minimum absolute atomic E-state index is 0.238. The number of thioether (sulfide) groups is 1. The molecule has 7 nitrogen and oxygen atoms in total. The van der Waals surface area contributed by atoms with Crippen LogP contribution in [0.3, 0.4) is 0 Å². The van der Waals surface area contributed by atoms with E-state index in [0.29, 0.717) is 49.2 Å². The average molecular weight is 610 g/mol. The zero-order valence-electron chi connectivity index (χ0n) is 21.7. The summed E-state index contributed by atoms with van der Waals surface area (Å²) in [7, 11) is 0. The summed E-state index contributed by atoms with van der Waals surface area (Å²) in [5, 5.41) is 0. The van der Waals surface area contributed by atoms with Crippen LogP contribution < -0.4 is 19.7 Å². The Bertz CT molecular complexity index is 1700. The van der Waals surface area contributed by atoms with Crippen molar-refractivity contribution in [3.05, 3.63) is 78.7 Å². The molecule has 3 aromatic rings. The maximum atomic E-state index is 13.5. The van der Waals surface area contributed by atoms with Crippen molar-refractivity contribution in [2.75, 3.05) is 11.4 Å². The highest BCUT2D eigenvalue weighted by Gasteiger charge is 2.42. The maximum absolute atomic E-state index is 13.5. The maximum Gasteiger partial charge on any atom is 0.294 e. The number of thiocarbonyl (C=S) groups is 1. The molecule has 1 aliphatic carbocycles. The Morgan fingerprint density at radius 2 is 1.95 bits per heavy atom. The zero-order valence-corrected chi connectivity index (χ0v) is 25.1. The Labute approximate surface area is 250 Å². The average Bonchev–Trinajstić information content (AvgIpc) is 3.70. The number of carbonyl (C=O) groups excluding carboxylic acids is 2. The number of anilines is 2. The molecule has 1 saturated heterocycles. The first-order valence-electron chi connectivity index (χ1n) is 13.1. The fraction of sp³-hybridized carbons (Fsp3) is 0.310. The number of ether oxygens (including phenoxy) is 1. The molecule has 2 aromatic carbocycles. The van der Waals surface area contributed by atoms with Gasteiger partial charge < -0.3 is 9.64 Å². The molecule has 2 aliphatic heterocycles. The summed E-state index contributed by atoms with van der Waals surface area (Å²) in [6.45, 7) is 2.32. The third kappa shape index (κ3) is 4.62. The van der Waals surface area contributed by atoms with E-state index >= 15 is 0 Å². The summed E-state index contributed by atoms with van der Waals surface area (Å²) in [5.74, 6) is 0.913. The van der Waals surface area contributed by atoms with Gasteiger partial charge in [0.25, 0.3) is 17.9 Å². The Balaban J connectivity index is 1.44. The van der Waals surface area contributed by atoms with Crippen LogP contribution in [0.15, 0.2) is 47.3 Å². The number of thiazole rings is 1.